The fourth-order valence-electron chi connectivity index (χ4n) is 1.62. The van der Waals surface area contributed by atoms with Crippen LogP contribution in [0.25, 0.3) is 0 Å². The minimum absolute atomic E-state index is 0.710. The first-order valence-electron chi connectivity index (χ1n) is 7.23. The van der Waals surface area contributed by atoms with E-state index in [1.807, 2.05) is 6.07 Å². The molecule has 5 nitrogen and oxygen atoms in total. The minimum atomic E-state index is 0.710. The second-order valence-corrected chi connectivity index (χ2v) is 4.33. The van der Waals surface area contributed by atoms with Crippen molar-refractivity contribution in [3.05, 3.63) is 11.9 Å². The third kappa shape index (κ3) is 6.38. The summed E-state index contributed by atoms with van der Waals surface area (Å²) in [6.45, 7) is 9.46. The Morgan fingerprint density at radius 1 is 1.05 bits per heavy atom. The maximum Gasteiger partial charge on any atom is 0.132 e. The topological polar surface area (TPSA) is 59.1 Å². The molecule has 0 atom stereocenters. The first kappa shape index (κ1) is 15.7. The molecule has 0 unspecified atom stereocenters. The average molecular weight is 266 g/mol. The number of ether oxygens (including phenoxy) is 1. The van der Waals surface area contributed by atoms with E-state index in [9.17, 15) is 0 Å². The summed E-state index contributed by atoms with van der Waals surface area (Å²) >= 11 is 0. The van der Waals surface area contributed by atoms with Gasteiger partial charge < -0.3 is 15.4 Å². The second kappa shape index (κ2) is 9.55. The molecule has 0 aliphatic carbocycles. The van der Waals surface area contributed by atoms with Gasteiger partial charge in [0.15, 0.2) is 0 Å². The highest BCUT2D eigenvalue weighted by Gasteiger charge is 2.02. The van der Waals surface area contributed by atoms with Crippen LogP contribution in [-0.4, -0.2) is 36.3 Å². The molecule has 0 saturated carbocycles. The SMILES string of the molecule is CCCCOCCNc1cc(NCC)nc(CC)n1. The Labute approximate surface area is 116 Å². The summed E-state index contributed by atoms with van der Waals surface area (Å²) in [6, 6.07) is 1.94. The maximum atomic E-state index is 5.51. The Morgan fingerprint density at radius 3 is 2.42 bits per heavy atom. The predicted molar refractivity (Wildman–Crippen MR) is 79.8 cm³/mol. The van der Waals surface area contributed by atoms with Gasteiger partial charge in [0.25, 0.3) is 0 Å². The van der Waals surface area contributed by atoms with Crippen molar-refractivity contribution in [3.63, 3.8) is 0 Å². The fraction of sp³-hybridized carbons (Fsp3) is 0.714. The van der Waals surface area contributed by atoms with Crippen molar-refractivity contribution in [3.8, 4) is 0 Å². The van der Waals surface area contributed by atoms with E-state index >= 15 is 0 Å². The van der Waals surface area contributed by atoms with E-state index in [0.717, 1.165) is 50.0 Å². The summed E-state index contributed by atoms with van der Waals surface area (Å²) in [5, 5.41) is 6.50. The molecule has 1 aromatic rings. The normalized spacial score (nSPS) is 10.5. The molecule has 0 amide bonds. The van der Waals surface area contributed by atoms with E-state index in [4.69, 9.17) is 4.74 Å². The van der Waals surface area contributed by atoms with Crippen LogP contribution in [-0.2, 0) is 11.2 Å². The van der Waals surface area contributed by atoms with Crippen LogP contribution in [0.1, 0.15) is 39.4 Å². The van der Waals surface area contributed by atoms with Crippen molar-refractivity contribution < 1.29 is 4.74 Å². The molecule has 1 heterocycles. The maximum absolute atomic E-state index is 5.51. The zero-order valence-corrected chi connectivity index (χ0v) is 12.3. The van der Waals surface area contributed by atoms with Gasteiger partial charge in [-0.1, -0.05) is 20.3 Å². The Kier molecular flexibility index (Phi) is 7.89. The van der Waals surface area contributed by atoms with Gasteiger partial charge in [0.2, 0.25) is 0 Å². The van der Waals surface area contributed by atoms with Gasteiger partial charge in [-0.25, -0.2) is 9.97 Å². The summed E-state index contributed by atoms with van der Waals surface area (Å²) in [6.07, 6.45) is 3.13. The van der Waals surface area contributed by atoms with E-state index in [-0.39, 0.29) is 0 Å². The van der Waals surface area contributed by atoms with Gasteiger partial charge in [-0.3, -0.25) is 0 Å². The standard InChI is InChI=1S/C14H26N4O/c1-4-7-9-19-10-8-16-14-11-13(15-6-3)17-12(5-2)18-14/h11H,4-10H2,1-3H3,(H2,15,16,17,18). The van der Waals surface area contributed by atoms with Gasteiger partial charge in [0.1, 0.15) is 17.5 Å². The molecule has 19 heavy (non-hydrogen) atoms. The number of aryl methyl sites for hydroxylation is 1. The molecule has 0 fully saturated rings. The Balaban J connectivity index is 2.41. The highest BCUT2D eigenvalue weighted by molar-refractivity contribution is 5.47. The van der Waals surface area contributed by atoms with Crippen molar-refractivity contribution in [1.29, 1.82) is 0 Å². The van der Waals surface area contributed by atoms with Gasteiger partial charge in [-0.2, -0.15) is 0 Å². The van der Waals surface area contributed by atoms with Crippen LogP contribution < -0.4 is 10.6 Å². The third-order valence-electron chi connectivity index (χ3n) is 2.64. The first-order chi connectivity index (χ1) is 9.30. The molecule has 2 N–H and O–H groups in total. The molecular weight excluding hydrogens is 240 g/mol. The summed E-state index contributed by atoms with van der Waals surface area (Å²) in [5.74, 6) is 2.60. The summed E-state index contributed by atoms with van der Waals surface area (Å²) in [5.41, 5.74) is 0. The lowest BCUT2D eigenvalue weighted by atomic mass is 10.4. The van der Waals surface area contributed by atoms with Crippen molar-refractivity contribution in [2.24, 2.45) is 0 Å². The van der Waals surface area contributed by atoms with Crippen LogP contribution in [0, 0.1) is 0 Å². The summed E-state index contributed by atoms with van der Waals surface area (Å²) in [7, 11) is 0. The van der Waals surface area contributed by atoms with Crippen LogP contribution in [0.2, 0.25) is 0 Å². The molecule has 5 heteroatoms. The Bertz CT molecular complexity index is 357. The van der Waals surface area contributed by atoms with Gasteiger partial charge in [-0.05, 0) is 13.3 Å². The predicted octanol–water partition coefficient (Wildman–Crippen LogP) is 2.70. The number of nitrogens with zero attached hydrogens (tertiary/aromatic N) is 2. The lowest BCUT2D eigenvalue weighted by Gasteiger charge is -2.10. The molecule has 0 aliphatic rings. The van der Waals surface area contributed by atoms with Crippen molar-refractivity contribution in [1.82, 2.24) is 9.97 Å². The van der Waals surface area contributed by atoms with Crippen molar-refractivity contribution in [2.45, 2.75) is 40.0 Å². The van der Waals surface area contributed by atoms with Gasteiger partial charge in [0.05, 0.1) is 6.61 Å². The second-order valence-electron chi connectivity index (χ2n) is 4.33. The lowest BCUT2D eigenvalue weighted by Crippen LogP contribution is -2.13. The molecule has 0 bridgehead atoms. The van der Waals surface area contributed by atoms with Crippen molar-refractivity contribution in [2.75, 3.05) is 36.9 Å². The Hall–Kier alpha value is -1.36. The molecule has 0 aliphatic heterocycles. The molecule has 1 rings (SSSR count). The van der Waals surface area contributed by atoms with Crippen LogP contribution in [0.3, 0.4) is 0 Å². The molecule has 108 valence electrons. The zero-order chi connectivity index (χ0) is 13.9. The molecule has 0 aromatic carbocycles. The van der Waals surface area contributed by atoms with Crippen molar-refractivity contribution >= 4 is 11.6 Å². The highest BCUT2D eigenvalue weighted by Crippen LogP contribution is 2.11. The number of nitrogens with one attached hydrogen (secondary N) is 2. The fourth-order valence-corrected chi connectivity index (χ4v) is 1.62. The molecule has 0 saturated heterocycles. The quantitative estimate of drug-likeness (QED) is 0.638. The summed E-state index contributed by atoms with van der Waals surface area (Å²) < 4.78 is 5.51. The highest BCUT2D eigenvalue weighted by atomic mass is 16.5. The minimum Gasteiger partial charge on any atom is -0.380 e. The molecule has 1 aromatic heterocycles. The monoisotopic (exact) mass is 266 g/mol. The zero-order valence-electron chi connectivity index (χ0n) is 12.3. The number of rotatable bonds is 10. The van der Waals surface area contributed by atoms with Crippen LogP contribution >= 0.6 is 0 Å². The van der Waals surface area contributed by atoms with Crippen LogP contribution in [0.15, 0.2) is 6.07 Å². The van der Waals surface area contributed by atoms with Gasteiger partial charge in [0, 0.05) is 32.2 Å². The van der Waals surface area contributed by atoms with Gasteiger partial charge >= 0.3 is 0 Å². The third-order valence-corrected chi connectivity index (χ3v) is 2.64. The van der Waals surface area contributed by atoms with E-state index in [2.05, 4.69) is 41.4 Å². The average Bonchev–Trinajstić information content (AvgIpc) is 2.43. The number of unbranched alkanes of at least 4 members (excludes halogenated alkanes) is 1. The number of aromatic nitrogens is 2. The van der Waals surface area contributed by atoms with E-state index in [0.29, 0.717) is 6.61 Å². The molecular formula is C14H26N4O. The number of anilines is 2. The lowest BCUT2D eigenvalue weighted by molar-refractivity contribution is 0.141. The van der Waals surface area contributed by atoms with E-state index < -0.39 is 0 Å². The summed E-state index contributed by atoms with van der Waals surface area (Å²) in [4.78, 5) is 8.87. The van der Waals surface area contributed by atoms with E-state index in [1.165, 1.54) is 6.42 Å². The van der Waals surface area contributed by atoms with E-state index in [1.54, 1.807) is 0 Å². The van der Waals surface area contributed by atoms with Crippen LogP contribution in [0.4, 0.5) is 11.6 Å². The van der Waals surface area contributed by atoms with Gasteiger partial charge in [-0.15, -0.1) is 0 Å². The number of hydrogen-bond donors (Lipinski definition) is 2. The number of hydrogen-bond acceptors (Lipinski definition) is 5. The molecule has 0 spiro atoms. The largest absolute Gasteiger partial charge is 0.380 e. The van der Waals surface area contributed by atoms with Crippen LogP contribution in [0.5, 0.6) is 0 Å². The molecule has 0 radical (unpaired) electrons. The first-order valence-corrected chi connectivity index (χ1v) is 7.23. The Morgan fingerprint density at radius 2 is 1.79 bits per heavy atom. The smallest absolute Gasteiger partial charge is 0.132 e.